The first kappa shape index (κ1) is 19.4. The van der Waals surface area contributed by atoms with Gasteiger partial charge in [0.1, 0.15) is 23.0 Å². The molecule has 3 heterocycles. The van der Waals surface area contributed by atoms with Crippen molar-refractivity contribution in [3.63, 3.8) is 0 Å². The third kappa shape index (κ3) is 3.09. The summed E-state index contributed by atoms with van der Waals surface area (Å²) in [5.41, 5.74) is -0.0942. The lowest BCUT2D eigenvalue weighted by Crippen LogP contribution is -2.70. The van der Waals surface area contributed by atoms with Gasteiger partial charge in [0.25, 0.3) is 5.91 Å². The Bertz CT molecular complexity index is 714. The molecule has 3 rings (SSSR count). The maximum absolute atomic E-state index is 12.7. The molecule has 0 spiro atoms. The van der Waals surface area contributed by atoms with Crippen molar-refractivity contribution >= 4 is 59.0 Å². The zero-order valence-corrected chi connectivity index (χ0v) is 16.8. The second-order valence-corrected chi connectivity index (χ2v) is 10.6. The Labute approximate surface area is 162 Å². The number of thioether (sulfide) groups is 3. The second kappa shape index (κ2) is 7.01. The van der Waals surface area contributed by atoms with Crippen LogP contribution in [0.5, 0.6) is 0 Å². The van der Waals surface area contributed by atoms with Gasteiger partial charge < -0.3 is 20.1 Å². The van der Waals surface area contributed by atoms with Crippen LogP contribution in [-0.2, 0) is 23.9 Å². The number of carbonyl (C=O) groups is 4. The van der Waals surface area contributed by atoms with Gasteiger partial charge in [-0.3, -0.25) is 9.59 Å². The minimum absolute atomic E-state index is 0.0942. The smallest absolute Gasteiger partial charge is 0.345 e. The highest BCUT2D eigenvalue weighted by Gasteiger charge is 2.64. The number of aliphatic carboxylic acids is 1. The molecule has 3 aliphatic heterocycles. The molecule has 2 N–H and O–H groups in total. The van der Waals surface area contributed by atoms with Crippen LogP contribution in [0.2, 0.25) is 0 Å². The fraction of sp³-hybridized carbons (Fsp3) is 0.600. The normalized spacial score (nSPS) is 29.0. The molecule has 0 saturated carbocycles. The van der Waals surface area contributed by atoms with E-state index in [1.165, 1.54) is 47.3 Å². The standard InChI is InChI=1S/C15H18N2O6S3/c1-15(2)8(12(20)21)17-10(19)7(11(17)26-15)16-9(18)6(13(22)23-3)14-24-4-5-25-14/h7-8,11H,4-5H2,1-3H3,(H,16,18)(H,20,21)/t7-,8?,11+/m1/s1. The molecule has 3 atom stereocenters. The van der Waals surface area contributed by atoms with E-state index in [9.17, 15) is 24.3 Å². The van der Waals surface area contributed by atoms with Crippen molar-refractivity contribution in [2.75, 3.05) is 18.6 Å². The van der Waals surface area contributed by atoms with Crippen molar-refractivity contribution < 1.29 is 29.0 Å². The van der Waals surface area contributed by atoms with Crippen molar-refractivity contribution in [2.45, 2.75) is 36.1 Å². The first-order chi connectivity index (χ1) is 12.2. The van der Waals surface area contributed by atoms with E-state index >= 15 is 0 Å². The number of carboxylic acid groups (broad SMARTS) is 1. The molecule has 0 aromatic rings. The average Bonchev–Trinajstić information content (AvgIpc) is 3.17. The highest BCUT2D eigenvalue weighted by Crippen LogP contribution is 2.50. The van der Waals surface area contributed by atoms with Gasteiger partial charge in [0, 0.05) is 16.3 Å². The van der Waals surface area contributed by atoms with Gasteiger partial charge in [0.05, 0.1) is 11.3 Å². The number of nitrogens with one attached hydrogen (secondary N) is 1. The van der Waals surface area contributed by atoms with Crippen LogP contribution < -0.4 is 5.32 Å². The molecule has 26 heavy (non-hydrogen) atoms. The van der Waals surface area contributed by atoms with E-state index in [4.69, 9.17) is 4.74 Å². The van der Waals surface area contributed by atoms with Crippen LogP contribution in [0, 0.1) is 0 Å². The van der Waals surface area contributed by atoms with Crippen LogP contribution in [-0.4, -0.2) is 74.6 Å². The van der Waals surface area contributed by atoms with Crippen LogP contribution in [0.1, 0.15) is 13.8 Å². The van der Waals surface area contributed by atoms with Crippen molar-refractivity contribution in [1.82, 2.24) is 10.2 Å². The van der Waals surface area contributed by atoms with Crippen LogP contribution in [0.15, 0.2) is 9.81 Å². The van der Waals surface area contributed by atoms with Crippen molar-refractivity contribution in [3.05, 3.63) is 9.81 Å². The van der Waals surface area contributed by atoms with Crippen LogP contribution >= 0.6 is 35.3 Å². The molecule has 0 aromatic carbocycles. The summed E-state index contributed by atoms with van der Waals surface area (Å²) in [4.78, 5) is 50.0. The van der Waals surface area contributed by atoms with Gasteiger partial charge in [0.2, 0.25) is 5.91 Å². The number of β-lactam (4-membered cyclic amide) rings is 1. The number of fused-ring (bicyclic) bond motifs is 1. The molecule has 3 saturated heterocycles. The van der Waals surface area contributed by atoms with E-state index in [1.54, 1.807) is 13.8 Å². The predicted molar refractivity (Wildman–Crippen MR) is 99.6 cm³/mol. The van der Waals surface area contributed by atoms with Gasteiger partial charge in [-0.25, -0.2) is 9.59 Å². The molecular formula is C15H18N2O6S3. The fourth-order valence-corrected chi connectivity index (χ4v) is 7.32. The summed E-state index contributed by atoms with van der Waals surface area (Å²) in [6.45, 7) is 3.52. The zero-order valence-electron chi connectivity index (χ0n) is 14.3. The van der Waals surface area contributed by atoms with Crippen LogP contribution in [0.3, 0.4) is 0 Å². The minimum Gasteiger partial charge on any atom is -0.480 e. The molecule has 142 valence electrons. The van der Waals surface area contributed by atoms with E-state index in [1.807, 2.05) is 0 Å². The predicted octanol–water partition coefficient (Wildman–Crippen LogP) is 0.483. The number of carbonyl (C=O) groups excluding carboxylic acids is 3. The molecule has 2 amide bonds. The Morgan fingerprint density at radius 1 is 1.27 bits per heavy atom. The number of rotatable bonds is 4. The first-order valence-corrected chi connectivity index (χ1v) is 10.7. The summed E-state index contributed by atoms with van der Waals surface area (Å²) in [6, 6.07) is -1.80. The van der Waals surface area contributed by atoms with E-state index in [0.29, 0.717) is 4.24 Å². The summed E-state index contributed by atoms with van der Waals surface area (Å²) in [5, 5.41) is 11.6. The summed E-state index contributed by atoms with van der Waals surface area (Å²) >= 11 is 4.14. The van der Waals surface area contributed by atoms with Gasteiger partial charge in [-0.15, -0.1) is 35.3 Å². The van der Waals surface area contributed by atoms with Crippen molar-refractivity contribution in [3.8, 4) is 0 Å². The minimum atomic E-state index is -1.07. The molecule has 0 radical (unpaired) electrons. The quantitative estimate of drug-likeness (QED) is 0.221. The topological polar surface area (TPSA) is 113 Å². The van der Waals surface area contributed by atoms with E-state index in [-0.39, 0.29) is 5.57 Å². The number of nitrogens with zero attached hydrogens (tertiary/aromatic N) is 1. The third-order valence-corrected chi connectivity index (χ3v) is 8.62. The lowest BCUT2D eigenvalue weighted by Gasteiger charge is -2.43. The molecule has 3 aliphatic rings. The molecule has 8 nitrogen and oxygen atoms in total. The number of carboxylic acids is 1. The first-order valence-electron chi connectivity index (χ1n) is 7.81. The van der Waals surface area contributed by atoms with Gasteiger partial charge in [-0.05, 0) is 13.8 Å². The second-order valence-electron chi connectivity index (χ2n) is 6.40. The zero-order chi connectivity index (χ0) is 19.2. The third-order valence-electron chi connectivity index (χ3n) is 4.33. The molecule has 1 unspecified atom stereocenters. The van der Waals surface area contributed by atoms with E-state index in [2.05, 4.69) is 5.32 Å². The summed E-state index contributed by atoms with van der Waals surface area (Å²) < 4.78 is 4.62. The van der Waals surface area contributed by atoms with Gasteiger partial charge in [0.15, 0.2) is 0 Å². The van der Waals surface area contributed by atoms with Gasteiger partial charge in [-0.2, -0.15) is 0 Å². The van der Waals surface area contributed by atoms with E-state index in [0.717, 1.165) is 11.5 Å². The number of hydrogen-bond acceptors (Lipinski definition) is 8. The lowest BCUT2D eigenvalue weighted by molar-refractivity contribution is -0.161. The Morgan fingerprint density at radius 2 is 1.88 bits per heavy atom. The lowest BCUT2D eigenvalue weighted by atomic mass is 9.96. The van der Waals surface area contributed by atoms with E-state index < -0.39 is 46.0 Å². The number of ether oxygens (including phenoxy) is 1. The van der Waals surface area contributed by atoms with Crippen molar-refractivity contribution in [1.29, 1.82) is 0 Å². The highest BCUT2D eigenvalue weighted by atomic mass is 32.2. The molecule has 0 aliphatic carbocycles. The van der Waals surface area contributed by atoms with Crippen molar-refractivity contribution in [2.24, 2.45) is 0 Å². The van der Waals surface area contributed by atoms with Gasteiger partial charge in [-0.1, -0.05) is 0 Å². The monoisotopic (exact) mass is 418 g/mol. The van der Waals surface area contributed by atoms with Crippen LogP contribution in [0.4, 0.5) is 0 Å². The maximum atomic E-state index is 12.7. The van der Waals surface area contributed by atoms with Crippen LogP contribution in [0.25, 0.3) is 0 Å². The highest BCUT2D eigenvalue weighted by molar-refractivity contribution is 8.25. The Kier molecular flexibility index (Phi) is 5.24. The fourth-order valence-electron chi connectivity index (χ4n) is 3.18. The Morgan fingerprint density at radius 3 is 2.42 bits per heavy atom. The average molecular weight is 419 g/mol. The summed E-state index contributed by atoms with van der Waals surface area (Å²) in [6.07, 6.45) is 0. The Hall–Kier alpha value is -1.33. The number of esters is 1. The number of hydrogen-bond donors (Lipinski definition) is 2. The molecule has 3 fully saturated rings. The molecule has 11 heteroatoms. The Balaban J connectivity index is 1.79. The van der Waals surface area contributed by atoms with Gasteiger partial charge >= 0.3 is 11.9 Å². The largest absolute Gasteiger partial charge is 0.480 e. The SMILES string of the molecule is COC(=O)C(C(=O)N[C@@H]1C(=O)N2C(C(=O)O)C(C)(C)S[C@@H]12)=C1SCCS1. The number of amides is 2. The molecule has 0 bridgehead atoms. The molecule has 0 aromatic heterocycles. The maximum Gasteiger partial charge on any atom is 0.345 e. The number of methoxy groups -OCH3 is 1. The summed E-state index contributed by atoms with van der Waals surface area (Å²) in [5.74, 6) is -1.35. The molecular weight excluding hydrogens is 400 g/mol. The summed E-state index contributed by atoms with van der Waals surface area (Å²) in [7, 11) is 1.20.